The van der Waals surface area contributed by atoms with E-state index >= 15 is 0 Å². The summed E-state index contributed by atoms with van der Waals surface area (Å²) < 4.78 is 16.4. The van der Waals surface area contributed by atoms with Crippen LogP contribution in [0.4, 0.5) is 0 Å². The maximum atomic E-state index is 12.4. The van der Waals surface area contributed by atoms with Crippen LogP contribution in [0.2, 0.25) is 0 Å². The smallest absolute Gasteiger partial charge is 0.163 e. The predicted octanol–water partition coefficient (Wildman–Crippen LogP) is 3.48. The molecule has 1 aliphatic rings. The van der Waals surface area contributed by atoms with Crippen LogP contribution in [-0.4, -0.2) is 32.2 Å². The topological polar surface area (TPSA) is 44.8 Å². The number of carbonyl (C=O) groups is 1. The molecule has 0 radical (unpaired) electrons. The van der Waals surface area contributed by atoms with Crippen LogP contribution in [0.15, 0.2) is 18.2 Å². The van der Waals surface area contributed by atoms with Gasteiger partial charge in [-0.2, -0.15) is 0 Å². The molecule has 0 amide bonds. The Morgan fingerprint density at radius 1 is 1.14 bits per heavy atom. The molecular formula is C17H24O4. The maximum Gasteiger partial charge on any atom is 0.163 e. The summed E-state index contributed by atoms with van der Waals surface area (Å²) in [6, 6.07) is 5.46. The lowest BCUT2D eigenvalue weighted by Gasteiger charge is -2.21. The molecule has 21 heavy (non-hydrogen) atoms. The molecule has 0 aromatic heterocycles. The molecule has 1 aromatic carbocycles. The first-order valence-corrected chi connectivity index (χ1v) is 7.75. The van der Waals surface area contributed by atoms with E-state index in [2.05, 4.69) is 0 Å². The van der Waals surface area contributed by atoms with E-state index in [1.165, 1.54) is 0 Å². The van der Waals surface area contributed by atoms with Gasteiger partial charge in [0.05, 0.1) is 13.2 Å². The van der Waals surface area contributed by atoms with Crippen molar-refractivity contribution < 1.29 is 19.0 Å². The lowest BCUT2D eigenvalue weighted by molar-refractivity contribution is 0.0601. The summed E-state index contributed by atoms with van der Waals surface area (Å²) in [6.45, 7) is 6.52. The van der Waals surface area contributed by atoms with Crippen molar-refractivity contribution in [1.82, 2.24) is 0 Å². The van der Waals surface area contributed by atoms with Gasteiger partial charge in [-0.3, -0.25) is 4.79 Å². The molecule has 1 saturated heterocycles. The van der Waals surface area contributed by atoms with Crippen molar-refractivity contribution in [3.05, 3.63) is 23.8 Å². The van der Waals surface area contributed by atoms with Crippen molar-refractivity contribution in [2.75, 3.05) is 26.4 Å². The summed E-state index contributed by atoms with van der Waals surface area (Å²) in [5, 5.41) is 0. The van der Waals surface area contributed by atoms with E-state index in [-0.39, 0.29) is 5.78 Å². The van der Waals surface area contributed by atoms with E-state index < -0.39 is 0 Å². The van der Waals surface area contributed by atoms with Gasteiger partial charge in [0.25, 0.3) is 0 Å². The minimum atomic E-state index is 0.172. The lowest BCUT2D eigenvalue weighted by atomic mass is 9.92. The molecular weight excluding hydrogens is 268 g/mol. The first kappa shape index (κ1) is 15.8. The van der Waals surface area contributed by atoms with E-state index in [1.807, 2.05) is 26.0 Å². The largest absolute Gasteiger partial charge is 0.490 e. The molecule has 0 N–H and O–H groups in total. The number of ketones is 1. The molecule has 0 unspecified atom stereocenters. The molecule has 0 saturated carbocycles. The highest BCUT2D eigenvalue weighted by Crippen LogP contribution is 2.30. The zero-order valence-electron chi connectivity index (χ0n) is 12.9. The number of Topliss-reactive ketones (excluding diaryl/α,β-unsaturated/α-hetero) is 1. The molecule has 4 nitrogen and oxygen atoms in total. The minimum absolute atomic E-state index is 0.172. The highest BCUT2D eigenvalue weighted by atomic mass is 16.5. The second-order valence-corrected chi connectivity index (χ2v) is 5.21. The third kappa shape index (κ3) is 4.46. The highest BCUT2D eigenvalue weighted by Gasteiger charge is 2.19. The molecule has 1 heterocycles. The van der Waals surface area contributed by atoms with Crippen LogP contribution in [0.3, 0.4) is 0 Å². The van der Waals surface area contributed by atoms with Crippen LogP contribution in [0.1, 0.15) is 43.5 Å². The van der Waals surface area contributed by atoms with Gasteiger partial charge in [-0.05, 0) is 50.8 Å². The Labute approximate surface area is 126 Å². The van der Waals surface area contributed by atoms with Crippen molar-refractivity contribution in [3.63, 3.8) is 0 Å². The molecule has 1 aromatic rings. The summed E-state index contributed by atoms with van der Waals surface area (Å²) in [5.74, 6) is 1.96. The Morgan fingerprint density at radius 3 is 2.48 bits per heavy atom. The first-order chi connectivity index (χ1) is 10.2. The molecule has 1 fully saturated rings. The number of hydrogen-bond donors (Lipinski definition) is 0. The van der Waals surface area contributed by atoms with Gasteiger partial charge in [0, 0.05) is 25.2 Å². The van der Waals surface area contributed by atoms with Gasteiger partial charge in [-0.25, -0.2) is 0 Å². The van der Waals surface area contributed by atoms with Crippen molar-refractivity contribution in [1.29, 1.82) is 0 Å². The molecule has 0 atom stereocenters. The van der Waals surface area contributed by atoms with Gasteiger partial charge in [-0.15, -0.1) is 0 Å². The van der Waals surface area contributed by atoms with Crippen LogP contribution in [-0.2, 0) is 4.74 Å². The number of benzene rings is 1. The SMILES string of the molecule is CCOc1ccc(C(=O)CC2CCOCC2)cc1OCC. The number of hydrogen-bond acceptors (Lipinski definition) is 4. The van der Waals surface area contributed by atoms with E-state index in [1.54, 1.807) is 6.07 Å². The van der Waals surface area contributed by atoms with Crippen molar-refractivity contribution in [3.8, 4) is 11.5 Å². The molecule has 0 aliphatic carbocycles. The molecule has 0 spiro atoms. The van der Waals surface area contributed by atoms with Crippen LogP contribution >= 0.6 is 0 Å². The average Bonchev–Trinajstić information content (AvgIpc) is 2.50. The molecule has 2 rings (SSSR count). The van der Waals surface area contributed by atoms with Gasteiger partial charge in [0.15, 0.2) is 17.3 Å². The van der Waals surface area contributed by atoms with Crippen LogP contribution in [0, 0.1) is 5.92 Å². The van der Waals surface area contributed by atoms with E-state index in [0.29, 0.717) is 42.6 Å². The second-order valence-electron chi connectivity index (χ2n) is 5.21. The number of rotatable bonds is 7. The lowest BCUT2D eigenvalue weighted by Crippen LogP contribution is -2.18. The Hall–Kier alpha value is -1.55. The number of carbonyl (C=O) groups excluding carboxylic acids is 1. The quantitative estimate of drug-likeness (QED) is 0.722. The molecule has 0 bridgehead atoms. The van der Waals surface area contributed by atoms with Gasteiger partial charge in [0.1, 0.15) is 0 Å². The zero-order valence-corrected chi connectivity index (χ0v) is 12.9. The van der Waals surface area contributed by atoms with E-state index in [9.17, 15) is 4.79 Å². The van der Waals surface area contributed by atoms with E-state index in [4.69, 9.17) is 14.2 Å². The monoisotopic (exact) mass is 292 g/mol. The van der Waals surface area contributed by atoms with Gasteiger partial charge in [-0.1, -0.05) is 0 Å². The fourth-order valence-electron chi connectivity index (χ4n) is 2.56. The number of ether oxygens (including phenoxy) is 3. The summed E-state index contributed by atoms with van der Waals surface area (Å²) >= 11 is 0. The van der Waals surface area contributed by atoms with Gasteiger partial charge < -0.3 is 14.2 Å². The fraction of sp³-hybridized carbons (Fsp3) is 0.588. The summed E-state index contributed by atoms with van der Waals surface area (Å²) in [7, 11) is 0. The van der Waals surface area contributed by atoms with E-state index in [0.717, 1.165) is 26.1 Å². The third-order valence-corrected chi connectivity index (χ3v) is 3.68. The Bertz CT molecular complexity index is 464. The van der Waals surface area contributed by atoms with Crippen molar-refractivity contribution in [2.24, 2.45) is 5.92 Å². The predicted molar refractivity (Wildman–Crippen MR) is 81.3 cm³/mol. The minimum Gasteiger partial charge on any atom is -0.490 e. The standard InChI is InChI=1S/C17H24O4/c1-3-20-16-6-5-14(12-17(16)21-4-2)15(18)11-13-7-9-19-10-8-13/h5-6,12-13H,3-4,7-11H2,1-2H3. The van der Waals surface area contributed by atoms with Crippen molar-refractivity contribution >= 4 is 5.78 Å². The fourth-order valence-corrected chi connectivity index (χ4v) is 2.56. The van der Waals surface area contributed by atoms with Crippen LogP contribution in [0.5, 0.6) is 11.5 Å². The van der Waals surface area contributed by atoms with Gasteiger partial charge in [0.2, 0.25) is 0 Å². The Kier molecular flexibility index (Phi) is 6.05. The third-order valence-electron chi connectivity index (χ3n) is 3.68. The first-order valence-electron chi connectivity index (χ1n) is 7.75. The van der Waals surface area contributed by atoms with Crippen LogP contribution in [0.25, 0.3) is 0 Å². The second kappa shape index (κ2) is 8.03. The molecule has 1 aliphatic heterocycles. The Morgan fingerprint density at radius 2 is 1.81 bits per heavy atom. The Balaban J connectivity index is 2.07. The average molecular weight is 292 g/mol. The highest BCUT2D eigenvalue weighted by molar-refractivity contribution is 5.96. The maximum absolute atomic E-state index is 12.4. The summed E-state index contributed by atoms with van der Waals surface area (Å²) in [4.78, 5) is 12.4. The molecule has 4 heteroatoms. The van der Waals surface area contributed by atoms with Gasteiger partial charge >= 0.3 is 0 Å². The van der Waals surface area contributed by atoms with Crippen molar-refractivity contribution in [2.45, 2.75) is 33.1 Å². The zero-order chi connectivity index (χ0) is 15.1. The summed E-state index contributed by atoms with van der Waals surface area (Å²) in [6.07, 6.45) is 2.53. The van der Waals surface area contributed by atoms with Crippen LogP contribution < -0.4 is 9.47 Å². The normalized spacial score (nSPS) is 15.7. The summed E-state index contributed by atoms with van der Waals surface area (Å²) in [5.41, 5.74) is 0.702. The molecule has 116 valence electrons.